The zero-order chi connectivity index (χ0) is 15.8. The number of nitrogens with zero attached hydrogens (tertiary/aromatic N) is 3. The number of rotatable bonds is 1. The van der Waals surface area contributed by atoms with E-state index in [4.69, 9.17) is 4.74 Å². The van der Waals surface area contributed by atoms with Gasteiger partial charge in [-0.05, 0) is 30.7 Å². The van der Waals surface area contributed by atoms with Crippen molar-refractivity contribution >= 4 is 11.6 Å². The number of ether oxygens (including phenoxy) is 1. The van der Waals surface area contributed by atoms with Gasteiger partial charge in [0.15, 0.2) is 5.75 Å². The molecule has 0 amide bonds. The molecule has 0 saturated heterocycles. The van der Waals surface area contributed by atoms with Crippen molar-refractivity contribution in [3.63, 3.8) is 0 Å². The summed E-state index contributed by atoms with van der Waals surface area (Å²) in [6.07, 6.45) is 3.53. The van der Waals surface area contributed by atoms with Crippen LogP contribution < -0.4 is 9.64 Å². The molecule has 2 aromatic carbocycles. The Balaban J connectivity index is 1.89. The van der Waals surface area contributed by atoms with E-state index in [1.807, 2.05) is 36.1 Å². The third-order valence-electron chi connectivity index (χ3n) is 3.74. The second-order valence-corrected chi connectivity index (χ2v) is 5.47. The molecule has 4 rings (SSSR count). The Bertz CT molecular complexity index is 864. The third kappa shape index (κ3) is 2.50. The van der Waals surface area contributed by atoms with Gasteiger partial charge in [0, 0.05) is 24.0 Å². The first-order valence-corrected chi connectivity index (χ1v) is 7.32. The van der Waals surface area contributed by atoms with Crippen LogP contribution in [0.1, 0.15) is 11.1 Å². The predicted molar refractivity (Wildman–Crippen MR) is 85.5 cm³/mol. The van der Waals surface area contributed by atoms with Gasteiger partial charge in [0.1, 0.15) is 11.6 Å². The van der Waals surface area contributed by atoms with Gasteiger partial charge in [-0.3, -0.25) is 0 Å². The lowest BCUT2D eigenvalue weighted by molar-refractivity contribution is 0.478. The molecule has 23 heavy (non-hydrogen) atoms. The van der Waals surface area contributed by atoms with Crippen molar-refractivity contribution in [3.05, 3.63) is 71.8 Å². The number of aromatic nitrogens is 2. The van der Waals surface area contributed by atoms with Gasteiger partial charge in [-0.2, -0.15) is 0 Å². The van der Waals surface area contributed by atoms with Crippen LogP contribution in [0.25, 0.3) is 0 Å². The lowest BCUT2D eigenvalue weighted by Gasteiger charge is -2.21. The van der Waals surface area contributed by atoms with Crippen LogP contribution in [-0.2, 0) is 6.54 Å². The van der Waals surface area contributed by atoms with Crippen LogP contribution in [0.5, 0.6) is 11.5 Å². The van der Waals surface area contributed by atoms with Crippen molar-refractivity contribution in [1.29, 1.82) is 0 Å². The van der Waals surface area contributed by atoms with Crippen molar-refractivity contribution in [2.24, 2.45) is 0 Å². The lowest BCUT2D eigenvalue weighted by Crippen LogP contribution is -2.18. The fourth-order valence-corrected chi connectivity index (χ4v) is 2.60. The molecule has 0 saturated carbocycles. The highest BCUT2D eigenvalue weighted by Gasteiger charge is 2.23. The molecule has 114 valence electrons. The average Bonchev–Trinajstić information content (AvgIpc) is 2.71. The van der Waals surface area contributed by atoms with Crippen molar-refractivity contribution in [2.45, 2.75) is 13.5 Å². The quantitative estimate of drug-likeness (QED) is 0.669. The van der Waals surface area contributed by atoms with Crippen LogP contribution in [0.4, 0.5) is 16.0 Å². The molecule has 5 heteroatoms. The average molecular weight is 307 g/mol. The van der Waals surface area contributed by atoms with Crippen molar-refractivity contribution < 1.29 is 9.13 Å². The molecular formula is C18H14FN3O. The molecule has 0 fully saturated rings. The summed E-state index contributed by atoms with van der Waals surface area (Å²) in [7, 11) is 0. The second kappa shape index (κ2) is 5.35. The van der Waals surface area contributed by atoms with Gasteiger partial charge in [-0.15, -0.1) is 0 Å². The molecule has 1 aliphatic rings. The normalized spacial score (nSPS) is 12.9. The Hall–Kier alpha value is -2.95. The SMILES string of the molecule is Cc1cnc(N2Cc3ccccc3Oc3cc(F)ccc32)nc1. The molecule has 0 N–H and O–H groups in total. The Labute approximate surface area is 133 Å². The summed E-state index contributed by atoms with van der Waals surface area (Å²) in [5, 5.41) is 0. The number of para-hydroxylation sites is 1. The molecule has 0 unspecified atom stereocenters. The number of aryl methyl sites for hydroxylation is 1. The van der Waals surface area contributed by atoms with Crippen molar-refractivity contribution in [2.75, 3.05) is 4.90 Å². The summed E-state index contributed by atoms with van der Waals surface area (Å²) < 4.78 is 19.6. The second-order valence-electron chi connectivity index (χ2n) is 5.47. The molecule has 4 nitrogen and oxygen atoms in total. The minimum atomic E-state index is -0.340. The zero-order valence-corrected chi connectivity index (χ0v) is 12.5. The van der Waals surface area contributed by atoms with E-state index in [9.17, 15) is 4.39 Å². The zero-order valence-electron chi connectivity index (χ0n) is 12.5. The Kier molecular flexibility index (Phi) is 3.19. The van der Waals surface area contributed by atoms with Gasteiger partial charge in [-0.25, -0.2) is 14.4 Å². The molecule has 0 radical (unpaired) electrons. The first kappa shape index (κ1) is 13.7. The van der Waals surface area contributed by atoms with Gasteiger partial charge in [-0.1, -0.05) is 18.2 Å². The highest BCUT2D eigenvalue weighted by molar-refractivity contribution is 5.68. The summed E-state index contributed by atoms with van der Waals surface area (Å²) in [5.41, 5.74) is 2.72. The van der Waals surface area contributed by atoms with Gasteiger partial charge < -0.3 is 9.64 Å². The van der Waals surface area contributed by atoms with E-state index in [-0.39, 0.29) is 5.82 Å². The highest BCUT2D eigenvalue weighted by atomic mass is 19.1. The first-order chi connectivity index (χ1) is 11.2. The Morgan fingerprint density at radius 1 is 1.04 bits per heavy atom. The number of hydrogen-bond donors (Lipinski definition) is 0. The van der Waals surface area contributed by atoms with E-state index in [2.05, 4.69) is 9.97 Å². The lowest BCUT2D eigenvalue weighted by atomic mass is 10.2. The number of fused-ring (bicyclic) bond motifs is 2. The molecule has 3 aromatic rings. The van der Waals surface area contributed by atoms with Crippen LogP contribution in [0.3, 0.4) is 0 Å². The molecule has 2 heterocycles. The van der Waals surface area contributed by atoms with Crippen molar-refractivity contribution in [3.8, 4) is 11.5 Å². The van der Waals surface area contributed by atoms with Gasteiger partial charge in [0.05, 0.1) is 12.2 Å². The summed E-state index contributed by atoms with van der Waals surface area (Å²) in [6, 6.07) is 12.2. The monoisotopic (exact) mass is 307 g/mol. The summed E-state index contributed by atoms with van der Waals surface area (Å²) in [4.78, 5) is 10.7. The van der Waals surface area contributed by atoms with Crippen LogP contribution in [0.2, 0.25) is 0 Å². The predicted octanol–water partition coefficient (Wildman–Crippen LogP) is 4.37. The first-order valence-electron chi connectivity index (χ1n) is 7.32. The molecule has 0 aliphatic carbocycles. The fourth-order valence-electron chi connectivity index (χ4n) is 2.60. The van der Waals surface area contributed by atoms with Gasteiger partial charge in [0.2, 0.25) is 5.95 Å². The third-order valence-corrected chi connectivity index (χ3v) is 3.74. The molecule has 0 bridgehead atoms. The maximum absolute atomic E-state index is 13.7. The minimum Gasteiger partial charge on any atom is -0.455 e. The van der Waals surface area contributed by atoms with E-state index in [0.717, 1.165) is 16.8 Å². The maximum atomic E-state index is 13.7. The smallest absolute Gasteiger partial charge is 0.230 e. The highest BCUT2D eigenvalue weighted by Crippen LogP contribution is 2.41. The number of hydrogen-bond acceptors (Lipinski definition) is 4. The van der Waals surface area contributed by atoms with E-state index in [1.165, 1.54) is 12.1 Å². The van der Waals surface area contributed by atoms with Crippen molar-refractivity contribution in [1.82, 2.24) is 9.97 Å². The summed E-state index contributed by atoms with van der Waals surface area (Å²) in [5.74, 6) is 1.39. The van der Waals surface area contributed by atoms with Crippen LogP contribution >= 0.6 is 0 Å². The largest absolute Gasteiger partial charge is 0.455 e. The standard InChI is InChI=1S/C18H14FN3O/c1-12-9-20-18(21-10-12)22-11-13-4-2-3-5-16(13)23-17-8-14(19)6-7-15(17)22/h2-10H,11H2,1H3. The molecule has 0 atom stereocenters. The summed E-state index contributed by atoms with van der Waals surface area (Å²) in [6.45, 7) is 2.49. The topological polar surface area (TPSA) is 38.2 Å². The number of benzene rings is 2. The minimum absolute atomic E-state index is 0.340. The maximum Gasteiger partial charge on any atom is 0.230 e. The number of anilines is 2. The van der Waals surface area contributed by atoms with E-state index in [0.29, 0.717) is 24.0 Å². The van der Waals surface area contributed by atoms with E-state index in [1.54, 1.807) is 18.5 Å². The molecule has 1 aromatic heterocycles. The van der Waals surface area contributed by atoms with Crippen LogP contribution in [0.15, 0.2) is 54.9 Å². The molecule has 0 spiro atoms. The van der Waals surface area contributed by atoms with E-state index < -0.39 is 0 Å². The van der Waals surface area contributed by atoms with Crippen LogP contribution in [-0.4, -0.2) is 9.97 Å². The molecule has 1 aliphatic heterocycles. The molecular weight excluding hydrogens is 293 g/mol. The Morgan fingerprint density at radius 3 is 2.65 bits per heavy atom. The number of halogens is 1. The van der Waals surface area contributed by atoms with Gasteiger partial charge >= 0.3 is 0 Å². The summed E-state index contributed by atoms with van der Waals surface area (Å²) >= 11 is 0. The van der Waals surface area contributed by atoms with E-state index >= 15 is 0 Å². The van der Waals surface area contributed by atoms with Crippen LogP contribution in [0, 0.1) is 12.7 Å². The van der Waals surface area contributed by atoms with Gasteiger partial charge in [0.25, 0.3) is 0 Å². The fraction of sp³-hybridized carbons (Fsp3) is 0.111. The Morgan fingerprint density at radius 2 is 1.83 bits per heavy atom.